The summed E-state index contributed by atoms with van der Waals surface area (Å²) < 4.78 is 11.1. The summed E-state index contributed by atoms with van der Waals surface area (Å²) in [6.45, 7) is 1.86. The van der Waals surface area contributed by atoms with E-state index in [1.807, 2.05) is 29.2 Å². The molecule has 0 atom stereocenters. The SMILES string of the molecule is O=C1COC2(CCN(C(=O)c3ccc(-c4noc(C5CC5)n4)cc3)CC2)CN1. The maximum atomic E-state index is 12.8. The zero-order valence-electron chi connectivity index (χ0n) is 15.5. The third-order valence-corrected chi connectivity index (χ3v) is 5.84. The highest BCUT2D eigenvalue weighted by Crippen LogP contribution is 2.39. The second-order valence-corrected chi connectivity index (χ2v) is 7.85. The number of benzene rings is 1. The van der Waals surface area contributed by atoms with Gasteiger partial charge in [-0.3, -0.25) is 9.59 Å². The number of aromatic nitrogens is 2. The van der Waals surface area contributed by atoms with E-state index in [1.165, 1.54) is 0 Å². The maximum Gasteiger partial charge on any atom is 0.253 e. The van der Waals surface area contributed by atoms with Crippen molar-refractivity contribution in [1.82, 2.24) is 20.4 Å². The number of amides is 2. The number of carbonyl (C=O) groups is 2. The first kappa shape index (κ1) is 17.4. The number of morpholine rings is 1. The Bertz CT molecular complexity index is 883. The molecule has 2 aromatic rings. The van der Waals surface area contributed by atoms with Gasteiger partial charge in [0.2, 0.25) is 17.6 Å². The lowest BCUT2D eigenvalue weighted by Crippen LogP contribution is -2.58. The van der Waals surface area contributed by atoms with Gasteiger partial charge < -0.3 is 19.5 Å². The normalized spacial score (nSPS) is 21.6. The monoisotopic (exact) mass is 382 g/mol. The summed E-state index contributed by atoms with van der Waals surface area (Å²) in [5.74, 6) is 1.63. The topological polar surface area (TPSA) is 97.6 Å². The third-order valence-electron chi connectivity index (χ3n) is 5.84. The van der Waals surface area contributed by atoms with E-state index in [9.17, 15) is 9.59 Å². The molecular formula is C20H22N4O4. The van der Waals surface area contributed by atoms with Crippen LogP contribution in [0.5, 0.6) is 0 Å². The molecule has 1 spiro atoms. The van der Waals surface area contributed by atoms with Crippen molar-refractivity contribution in [3.63, 3.8) is 0 Å². The lowest BCUT2D eigenvalue weighted by molar-refractivity contribution is -0.149. The Morgan fingerprint density at radius 2 is 1.93 bits per heavy atom. The summed E-state index contributed by atoms with van der Waals surface area (Å²) in [5.41, 5.74) is 1.16. The molecule has 2 aliphatic heterocycles. The molecule has 1 N–H and O–H groups in total. The van der Waals surface area contributed by atoms with Gasteiger partial charge in [-0.05, 0) is 37.8 Å². The Hall–Kier alpha value is -2.74. The number of nitrogens with zero attached hydrogens (tertiary/aromatic N) is 3. The van der Waals surface area contributed by atoms with E-state index in [0.717, 1.165) is 31.2 Å². The average Bonchev–Trinajstić information content (AvgIpc) is 3.47. The number of rotatable bonds is 3. The first-order valence-corrected chi connectivity index (χ1v) is 9.76. The van der Waals surface area contributed by atoms with Crippen LogP contribution >= 0.6 is 0 Å². The van der Waals surface area contributed by atoms with E-state index in [-0.39, 0.29) is 24.0 Å². The molecule has 0 unspecified atom stereocenters. The number of nitrogens with one attached hydrogen (secondary N) is 1. The quantitative estimate of drug-likeness (QED) is 0.868. The van der Waals surface area contributed by atoms with Crippen molar-refractivity contribution in [2.45, 2.75) is 37.2 Å². The lowest BCUT2D eigenvalue weighted by atomic mass is 9.89. The van der Waals surface area contributed by atoms with E-state index in [2.05, 4.69) is 15.5 Å². The van der Waals surface area contributed by atoms with Crippen molar-refractivity contribution in [2.75, 3.05) is 26.2 Å². The molecular weight excluding hydrogens is 360 g/mol. The molecule has 3 heterocycles. The van der Waals surface area contributed by atoms with Crippen LogP contribution in [0.25, 0.3) is 11.4 Å². The first-order chi connectivity index (χ1) is 13.6. The second-order valence-electron chi connectivity index (χ2n) is 7.85. The fraction of sp³-hybridized carbons (Fsp3) is 0.500. The third kappa shape index (κ3) is 3.28. The van der Waals surface area contributed by atoms with E-state index in [0.29, 0.717) is 42.8 Å². The second kappa shape index (κ2) is 6.70. The number of hydrogen-bond donors (Lipinski definition) is 1. The molecule has 1 saturated carbocycles. The fourth-order valence-corrected chi connectivity index (χ4v) is 3.81. The molecule has 8 nitrogen and oxygen atoms in total. The minimum atomic E-state index is -0.327. The number of ether oxygens (including phenoxy) is 1. The number of hydrogen-bond acceptors (Lipinski definition) is 6. The van der Waals surface area contributed by atoms with Crippen molar-refractivity contribution in [2.24, 2.45) is 0 Å². The highest BCUT2D eigenvalue weighted by atomic mass is 16.5. The molecule has 3 fully saturated rings. The summed E-state index contributed by atoms with van der Waals surface area (Å²) in [5, 5.41) is 6.91. The van der Waals surface area contributed by atoms with Crippen molar-refractivity contribution < 1.29 is 18.8 Å². The standard InChI is InChI=1S/C20H22N4O4/c25-16-11-27-20(12-21-16)7-9-24(10-8-20)19(26)15-5-1-13(2-6-15)17-22-18(28-23-17)14-3-4-14/h1-2,5-6,14H,3-4,7-12H2,(H,21,25). The Morgan fingerprint density at radius 3 is 2.57 bits per heavy atom. The summed E-state index contributed by atoms with van der Waals surface area (Å²) in [6, 6.07) is 7.35. The fourth-order valence-electron chi connectivity index (χ4n) is 3.81. The summed E-state index contributed by atoms with van der Waals surface area (Å²) in [6.07, 6.45) is 3.68. The van der Waals surface area contributed by atoms with Crippen molar-refractivity contribution in [3.8, 4) is 11.4 Å². The molecule has 1 aromatic heterocycles. The van der Waals surface area contributed by atoms with E-state index >= 15 is 0 Å². The summed E-state index contributed by atoms with van der Waals surface area (Å²) in [4.78, 5) is 30.4. The van der Waals surface area contributed by atoms with Gasteiger partial charge >= 0.3 is 0 Å². The molecule has 8 heteroatoms. The predicted molar refractivity (Wildman–Crippen MR) is 98.5 cm³/mol. The molecule has 0 bridgehead atoms. The Balaban J connectivity index is 1.22. The molecule has 28 heavy (non-hydrogen) atoms. The van der Waals surface area contributed by atoms with Crippen molar-refractivity contribution in [1.29, 1.82) is 0 Å². The van der Waals surface area contributed by atoms with Gasteiger partial charge in [0.1, 0.15) is 6.61 Å². The molecule has 2 amide bonds. The highest BCUT2D eigenvalue weighted by Gasteiger charge is 2.40. The van der Waals surface area contributed by atoms with E-state index in [4.69, 9.17) is 9.26 Å². The van der Waals surface area contributed by atoms with Crippen LogP contribution in [0.4, 0.5) is 0 Å². The average molecular weight is 382 g/mol. The van der Waals surface area contributed by atoms with Gasteiger partial charge in [-0.15, -0.1) is 0 Å². The smallest absolute Gasteiger partial charge is 0.253 e. The van der Waals surface area contributed by atoms with Crippen molar-refractivity contribution >= 4 is 11.8 Å². The predicted octanol–water partition coefficient (Wildman–Crippen LogP) is 1.74. The Kier molecular flexibility index (Phi) is 4.16. The minimum absolute atomic E-state index is 0.00743. The van der Waals surface area contributed by atoms with Crippen LogP contribution in [0.2, 0.25) is 0 Å². The number of likely N-dealkylation sites (tertiary alicyclic amines) is 1. The highest BCUT2D eigenvalue weighted by molar-refractivity contribution is 5.94. The zero-order valence-corrected chi connectivity index (χ0v) is 15.5. The summed E-state index contributed by atoms with van der Waals surface area (Å²) >= 11 is 0. The van der Waals surface area contributed by atoms with Gasteiger partial charge in [-0.25, -0.2) is 0 Å². The van der Waals surface area contributed by atoms with Gasteiger partial charge in [0.25, 0.3) is 5.91 Å². The van der Waals surface area contributed by atoms with Gasteiger partial charge in [-0.2, -0.15) is 4.98 Å². The van der Waals surface area contributed by atoms with Crippen molar-refractivity contribution in [3.05, 3.63) is 35.7 Å². The van der Waals surface area contributed by atoms with Crippen LogP contribution in [0, 0.1) is 0 Å². The van der Waals surface area contributed by atoms with Crippen LogP contribution in [-0.4, -0.2) is 58.7 Å². The van der Waals surface area contributed by atoms with Gasteiger partial charge in [-0.1, -0.05) is 17.3 Å². The minimum Gasteiger partial charge on any atom is -0.363 e. The van der Waals surface area contributed by atoms with Gasteiger partial charge in [0.15, 0.2) is 0 Å². The van der Waals surface area contributed by atoms with Crippen LogP contribution < -0.4 is 5.32 Å². The maximum absolute atomic E-state index is 12.8. The number of piperidine rings is 1. The van der Waals surface area contributed by atoms with Crippen LogP contribution in [0.1, 0.15) is 47.8 Å². The van der Waals surface area contributed by atoms with Crippen LogP contribution in [-0.2, 0) is 9.53 Å². The summed E-state index contributed by atoms with van der Waals surface area (Å²) in [7, 11) is 0. The Labute approximate surface area is 162 Å². The van der Waals surface area contributed by atoms with E-state index in [1.54, 1.807) is 0 Å². The molecule has 1 aromatic carbocycles. The number of carbonyl (C=O) groups excluding carboxylic acids is 2. The molecule has 146 valence electrons. The largest absolute Gasteiger partial charge is 0.363 e. The molecule has 0 radical (unpaired) electrons. The molecule has 1 aliphatic carbocycles. The Morgan fingerprint density at radius 1 is 1.18 bits per heavy atom. The van der Waals surface area contributed by atoms with Gasteiger partial charge in [0, 0.05) is 36.7 Å². The van der Waals surface area contributed by atoms with E-state index < -0.39 is 0 Å². The van der Waals surface area contributed by atoms with Crippen LogP contribution in [0.3, 0.4) is 0 Å². The van der Waals surface area contributed by atoms with Gasteiger partial charge in [0.05, 0.1) is 5.60 Å². The van der Waals surface area contributed by atoms with Crippen LogP contribution in [0.15, 0.2) is 28.8 Å². The molecule has 3 aliphatic rings. The zero-order chi connectivity index (χ0) is 19.1. The lowest BCUT2D eigenvalue weighted by Gasteiger charge is -2.43. The first-order valence-electron chi connectivity index (χ1n) is 9.76. The molecule has 2 saturated heterocycles. The molecule has 5 rings (SSSR count).